The average Bonchev–Trinajstić information content (AvgIpc) is 3.27. The number of rotatable bonds is 3. The van der Waals surface area contributed by atoms with Crippen LogP contribution in [0.1, 0.15) is 0 Å². The van der Waals surface area contributed by atoms with Crippen LogP contribution in [0.2, 0.25) is 0 Å². The Morgan fingerprint density at radius 3 is 2.70 bits per heavy atom. The Hall–Kier alpha value is -2.78. The minimum atomic E-state index is -0.266. The molecule has 2 aliphatic heterocycles. The van der Waals surface area contributed by atoms with E-state index in [0.717, 1.165) is 17.0 Å². The van der Waals surface area contributed by atoms with E-state index in [1.807, 2.05) is 6.07 Å². The third-order valence-electron chi connectivity index (χ3n) is 4.94. The van der Waals surface area contributed by atoms with Crippen LogP contribution in [0.25, 0.3) is 11.2 Å². The number of benzene rings is 1. The zero-order valence-electron chi connectivity index (χ0n) is 14.5. The molecule has 8 nitrogen and oxygen atoms in total. The molecule has 27 heavy (non-hydrogen) atoms. The summed E-state index contributed by atoms with van der Waals surface area (Å²) in [4.78, 5) is 18.0. The molecule has 2 saturated heterocycles. The molecule has 140 valence electrons. The largest absolute Gasteiger partial charge is 0.378 e. The van der Waals surface area contributed by atoms with Gasteiger partial charge < -0.3 is 24.7 Å². The molecule has 0 unspecified atom stereocenters. The van der Waals surface area contributed by atoms with E-state index in [0.29, 0.717) is 32.0 Å². The summed E-state index contributed by atoms with van der Waals surface area (Å²) in [6, 6.07) is 6.39. The van der Waals surface area contributed by atoms with Crippen LogP contribution in [0.4, 0.5) is 15.9 Å². The molecule has 3 aromatic rings. The van der Waals surface area contributed by atoms with Gasteiger partial charge in [0.05, 0.1) is 25.6 Å². The van der Waals surface area contributed by atoms with Gasteiger partial charge in [0.1, 0.15) is 29.9 Å². The molecular weight excluding hydrogens is 351 g/mol. The van der Waals surface area contributed by atoms with Crippen molar-refractivity contribution < 1.29 is 13.9 Å². The zero-order chi connectivity index (χ0) is 18.2. The molecule has 2 aromatic heterocycles. The summed E-state index contributed by atoms with van der Waals surface area (Å²) in [5, 5.41) is 3.28. The lowest BCUT2D eigenvalue weighted by atomic mass is 10.2. The number of hydrogen-bond acceptors (Lipinski definition) is 7. The van der Waals surface area contributed by atoms with Gasteiger partial charge in [-0.3, -0.25) is 0 Å². The second-order valence-electron chi connectivity index (χ2n) is 6.80. The number of aromatic nitrogens is 4. The van der Waals surface area contributed by atoms with E-state index >= 15 is 0 Å². The fourth-order valence-electron chi connectivity index (χ4n) is 3.65. The Bertz CT molecular complexity index is 934. The van der Waals surface area contributed by atoms with Gasteiger partial charge >= 0.3 is 0 Å². The van der Waals surface area contributed by atoms with Crippen LogP contribution in [-0.4, -0.2) is 64.5 Å². The van der Waals surface area contributed by atoms with Gasteiger partial charge in [0.25, 0.3) is 0 Å². The highest BCUT2D eigenvalue weighted by Crippen LogP contribution is 2.28. The third-order valence-corrected chi connectivity index (χ3v) is 4.94. The normalized spacial score (nSPS) is 23.4. The molecule has 0 radical (unpaired) electrons. The Balaban J connectivity index is 1.26. The summed E-state index contributed by atoms with van der Waals surface area (Å²) in [5.41, 5.74) is 2.19. The van der Waals surface area contributed by atoms with Gasteiger partial charge in [-0.1, -0.05) is 6.07 Å². The molecule has 2 N–H and O–H groups in total. The molecule has 2 aliphatic rings. The Kier molecular flexibility index (Phi) is 4.10. The third kappa shape index (κ3) is 3.19. The van der Waals surface area contributed by atoms with Gasteiger partial charge in [-0.2, -0.15) is 0 Å². The maximum Gasteiger partial charge on any atom is 0.182 e. The molecule has 0 saturated carbocycles. The van der Waals surface area contributed by atoms with Crippen molar-refractivity contribution in [3.63, 3.8) is 0 Å². The molecule has 0 spiro atoms. The second kappa shape index (κ2) is 6.75. The predicted octanol–water partition coefficient (Wildman–Crippen LogP) is 1.58. The number of H-pyrrole nitrogens is 1. The summed E-state index contributed by atoms with van der Waals surface area (Å²) in [6.45, 7) is 2.36. The van der Waals surface area contributed by atoms with E-state index in [9.17, 15) is 4.39 Å². The summed E-state index contributed by atoms with van der Waals surface area (Å²) in [6.07, 6.45) is 3.05. The lowest BCUT2D eigenvalue weighted by Gasteiger charge is -2.20. The number of halogens is 1. The first kappa shape index (κ1) is 16.4. The molecule has 0 bridgehead atoms. The van der Waals surface area contributed by atoms with Crippen LogP contribution in [0, 0.1) is 5.82 Å². The lowest BCUT2D eigenvalue weighted by Crippen LogP contribution is -2.31. The van der Waals surface area contributed by atoms with Crippen molar-refractivity contribution in [1.82, 2.24) is 19.9 Å². The summed E-state index contributed by atoms with van der Waals surface area (Å²) in [7, 11) is 0. The summed E-state index contributed by atoms with van der Waals surface area (Å²) >= 11 is 0. The molecule has 0 amide bonds. The maximum atomic E-state index is 13.4. The van der Waals surface area contributed by atoms with E-state index in [-0.39, 0.29) is 24.1 Å². The van der Waals surface area contributed by atoms with Crippen molar-refractivity contribution in [2.75, 3.05) is 36.5 Å². The van der Waals surface area contributed by atoms with Gasteiger partial charge in [-0.25, -0.2) is 19.3 Å². The number of imidazole rings is 1. The van der Waals surface area contributed by atoms with Crippen molar-refractivity contribution in [3.8, 4) is 0 Å². The monoisotopic (exact) mass is 370 g/mol. The van der Waals surface area contributed by atoms with Crippen molar-refractivity contribution in [1.29, 1.82) is 0 Å². The highest BCUT2D eigenvalue weighted by atomic mass is 19.1. The molecule has 4 heterocycles. The first-order valence-corrected chi connectivity index (χ1v) is 8.90. The lowest BCUT2D eigenvalue weighted by molar-refractivity contribution is -0.00461. The minimum absolute atomic E-state index is 0.0239. The fraction of sp³-hybridized carbons (Fsp3) is 0.389. The van der Waals surface area contributed by atoms with E-state index in [1.165, 1.54) is 18.5 Å². The molecule has 1 aromatic carbocycles. The first-order valence-electron chi connectivity index (χ1n) is 8.90. The number of anilines is 2. The summed E-state index contributed by atoms with van der Waals surface area (Å²) in [5.74, 6) is 0.546. The second-order valence-corrected chi connectivity index (χ2v) is 6.80. The summed E-state index contributed by atoms with van der Waals surface area (Å²) < 4.78 is 25.5. The predicted molar refractivity (Wildman–Crippen MR) is 97.2 cm³/mol. The molecule has 0 aliphatic carbocycles. The quantitative estimate of drug-likeness (QED) is 0.724. The van der Waals surface area contributed by atoms with Gasteiger partial charge in [-0.05, 0) is 18.2 Å². The topological polar surface area (TPSA) is 88.2 Å². The van der Waals surface area contributed by atoms with Crippen LogP contribution in [0.15, 0.2) is 36.9 Å². The van der Waals surface area contributed by atoms with E-state index in [1.54, 1.807) is 12.4 Å². The molecule has 5 rings (SSSR count). The van der Waals surface area contributed by atoms with Crippen molar-refractivity contribution in [2.45, 2.75) is 18.2 Å². The van der Waals surface area contributed by atoms with Crippen LogP contribution in [0.3, 0.4) is 0 Å². The van der Waals surface area contributed by atoms with Gasteiger partial charge in [0, 0.05) is 18.8 Å². The fourth-order valence-corrected chi connectivity index (χ4v) is 3.65. The Labute approximate surface area is 154 Å². The highest BCUT2D eigenvalue weighted by Gasteiger charge is 2.38. The first-order chi connectivity index (χ1) is 13.3. The number of nitrogens with one attached hydrogen (secondary N) is 2. The molecule has 2 fully saturated rings. The number of nitrogens with zero attached hydrogens (tertiary/aromatic N) is 4. The zero-order valence-corrected chi connectivity index (χ0v) is 14.5. The van der Waals surface area contributed by atoms with Crippen LogP contribution < -0.4 is 10.2 Å². The SMILES string of the molecule is Fc1cccc(NC2CO[C@H]3CN(c4ncnc5nc[nH]c45)C[C@@H]3OC2)c1. The highest BCUT2D eigenvalue weighted by molar-refractivity contribution is 5.82. The number of hydrogen-bond donors (Lipinski definition) is 2. The molecule has 9 heteroatoms. The smallest absolute Gasteiger partial charge is 0.182 e. The molecular formula is C18H19FN6O2. The van der Waals surface area contributed by atoms with Gasteiger partial charge in [-0.15, -0.1) is 0 Å². The van der Waals surface area contributed by atoms with Crippen molar-refractivity contribution in [3.05, 3.63) is 42.7 Å². The van der Waals surface area contributed by atoms with Crippen molar-refractivity contribution >= 4 is 22.7 Å². The van der Waals surface area contributed by atoms with Gasteiger partial charge in [0.15, 0.2) is 11.5 Å². The van der Waals surface area contributed by atoms with Crippen LogP contribution in [-0.2, 0) is 9.47 Å². The average molecular weight is 370 g/mol. The Morgan fingerprint density at radius 1 is 1.11 bits per heavy atom. The van der Waals surface area contributed by atoms with Gasteiger partial charge in [0.2, 0.25) is 0 Å². The number of fused-ring (bicyclic) bond motifs is 2. The van der Waals surface area contributed by atoms with E-state index in [2.05, 4.69) is 30.2 Å². The van der Waals surface area contributed by atoms with Crippen molar-refractivity contribution in [2.24, 2.45) is 0 Å². The van der Waals surface area contributed by atoms with E-state index in [4.69, 9.17) is 9.47 Å². The van der Waals surface area contributed by atoms with E-state index < -0.39 is 0 Å². The number of ether oxygens (including phenoxy) is 2. The minimum Gasteiger partial charge on any atom is -0.378 e. The maximum absolute atomic E-state index is 13.4. The van der Waals surface area contributed by atoms with Crippen LogP contribution >= 0.6 is 0 Å². The van der Waals surface area contributed by atoms with Crippen LogP contribution in [0.5, 0.6) is 0 Å². The molecule has 2 atom stereocenters. The number of aromatic amines is 1. The Morgan fingerprint density at radius 2 is 1.93 bits per heavy atom. The standard InChI is InChI=1S/C18H19FN6O2/c19-11-2-1-3-12(4-11)24-13-7-26-14-5-25(6-15(14)27-8-13)18-16-17(21-9-20-16)22-10-23-18/h1-4,9-10,13-15,24H,5-8H2,(H,20,21,22,23)/t14-,15-/m0/s1.